The van der Waals surface area contributed by atoms with E-state index in [2.05, 4.69) is 10.1 Å². The highest BCUT2D eigenvalue weighted by Crippen LogP contribution is 2.17. The van der Waals surface area contributed by atoms with E-state index in [1.165, 1.54) is 7.11 Å². The first kappa shape index (κ1) is 9.48. The number of hydrogen-bond acceptors (Lipinski definition) is 4. The van der Waals surface area contributed by atoms with Gasteiger partial charge in [-0.25, -0.2) is 0 Å². The van der Waals surface area contributed by atoms with Crippen molar-refractivity contribution in [1.29, 1.82) is 0 Å². The first-order valence-electron chi connectivity index (χ1n) is 4.07. The van der Waals surface area contributed by atoms with Crippen molar-refractivity contribution < 1.29 is 14.3 Å². The van der Waals surface area contributed by atoms with Crippen LogP contribution >= 0.6 is 0 Å². The second-order valence-electron chi connectivity index (χ2n) is 3.00. The van der Waals surface area contributed by atoms with Crippen LogP contribution in [0.3, 0.4) is 0 Å². The van der Waals surface area contributed by atoms with Crippen molar-refractivity contribution in [3.8, 4) is 0 Å². The summed E-state index contributed by atoms with van der Waals surface area (Å²) < 4.78 is 9.68. The Hall–Kier alpha value is -0.610. The van der Waals surface area contributed by atoms with Crippen LogP contribution in [0.2, 0.25) is 0 Å². The molecule has 1 N–H and O–H groups in total. The van der Waals surface area contributed by atoms with Gasteiger partial charge in [0, 0.05) is 26.1 Å². The predicted molar refractivity (Wildman–Crippen MR) is 43.7 cm³/mol. The van der Waals surface area contributed by atoms with E-state index in [1.54, 1.807) is 7.11 Å². The van der Waals surface area contributed by atoms with Crippen molar-refractivity contribution in [2.75, 3.05) is 33.9 Å². The van der Waals surface area contributed by atoms with Gasteiger partial charge in [0.2, 0.25) is 0 Å². The third-order valence-electron chi connectivity index (χ3n) is 2.22. The van der Waals surface area contributed by atoms with Crippen LogP contribution in [0.4, 0.5) is 0 Å². The van der Waals surface area contributed by atoms with Gasteiger partial charge in [0.15, 0.2) is 0 Å². The van der Waals surface area contributed by atoms with Crippen LogP contribution in [-0.2, 0) is 14.3 Å². The summed E-state index contributed by atoms with van der Waals surface area (Å²) in [4.78, 5) is 11.2. The topological polar surface area (TPSA) is 47.6 Å². The SMILES string of the molecule is COC[C@@H]1CNC[C@H]1C(=O)OC. The summed E-state index contributed by atoms with van der Waals surface area (Å²) in [6.45, 7) is 2.17. The van der Waals surface area contributed by atoms with Gasteiger partial charge in [0.25, 0.3) is 0 Å². The maximum Gasteiger partial charge on any atom is 0.310 e. The Kier molecular flexibility index (Phi) is 3.49. The summed E-state index contributed by atoms with van der Waals surface area (Å²) in [7, 11) is 3.07. The number of methoxy groups -OCH3 is 2. The Morgan fingerprint density at radius 1 is 1.50 bits per heavy atom. The quantitative estimate of drug-likeness (QED) is 0.592. The molecule has 0 aromatic carbocycles. The number of esters is 1. The zero-order valence-corrected chi connectivity index (χ0v) is 7.50. The molecule has 0 spiro atoms. The van der Waals surface area contributed by atoms with E-state index in [0.29, 0.717) is 13.2 Å². The molecule has 0 aliphatic carbocycles. The van der Waals surface area contributed by atoms with Crippen molar-refractivity contribution >= 4 is 5.97 Å². The second-order valence-corrected chi connectivity index (χ2v) is 3.00. The number of carbonyl (C=O) groups is 1. The van der Waals surface area contributed by atoms with Gasteiger partial charge < -0.3 is 14.8 Å². The van der Waals surface area contributed by atoms with Crippen LogP contribution in [0.15, 0.2) is 0 Å². The van der Waals surface area contributed by atoms with E-state index in [0.717, 1.165) is 6.54 Å². The molecular weight excluding hydrogens is 158 g/mol. The van der Waals surface area contributed by atoms with E-state index in [4.69, 9.17) is 4.74 Å². The highest BCUT2D eigenvalue weighted by atomic mass is 16.5. The molecule has 0 saturated carbocycles. The molecule has 0 aromatic heterocycles. The van der Waals surface area contributed by atoms with Gasteiger partial charge in [-0.1, -0.05) is 0 Å². The van der Waals surface area contributed by atoms with Crippen molar-refractivity contribution in [2.24, 2.45) is 11.8 Å². The van der Waals surface area contributed by atoms with E-state index >= 15 is 0 Å². The zero-order valence-electron chi connectivity index (χ0n) is 7.50. The molecule has 1 rings (SSSR count). The summed E-state index contributed by atoms with van der Waals surface area (Å²) in [5.41, 5.74) is 0. The standard InChI is InChI=1S/C8H15NO3/c1-11-5-6-3-9-4-7(6)8(10)12-2/h6-7,9H,3-5H2,1-2H3/t6-,7+/m0/s1. The molecule has 1 saturated heterocycles. The molecule has 1 fully saturated rings. The van der Waals surface area contributed by atoms with Gasteiger partial charge in [-0.05, 0) is 0 Å². The summed E-state index contributed by atoms with van der Waals surface area (Å²) in [5.74, 6) is 0.0967. The molecule has 70 valence electrons. The highest BCUT2D eigenvalue weighted by Gasteiger charge is 2.33. The Morgan fingerprint density at radius 3 is 2.83 bits per heavy atom. The van der Waals surface area contributed by atoms with Crippen LogP contribution in [0, 0.1) is 11.8 Å². The fourth-order valence-corrected chi connectivity index (χ4v) is 1.55. The monoisotopic (exact) mass is 173 g/mol. The van der Waals surface area contributed by atoms with Crippen molar-refractivity contribution in [3.63, 3.8) is 0 Å². The maximum atomic E-state index is 11.2. The molecule has 1 heterocycles. The highest BCUT2D eigenvalue weighted by molar-refractivity contribution is 5.73. The van der Waals surface area contributed by atoms with Crippen molar-refractivity contribution in [3.05, 3.63) is 0 Å². The van der Waals surface area contributed by atoms with E-state index in [-0.39, 0.29) is 17.8 Å². The Morgan fingerprint density at radius 2 is 2.25 bits per heavy atom. The molecule has 0 amide bonds. The molecule has 0 unspecified atom stereocenters. The van der Waals surface area contributed by atoms with Crippen LogP contribution in [-0.4, -0.2) is 39.9 Å². The normalized spacial score (nSPS) is 28.8. The van der Waals surface area contributed by atoms with Gasteiger partial charge in [-0.3, -0.25) is 4.79 Å². The fraction of sp³-hybridized carbons (Fsp3) is 0.875. The lowest BCUT2D eigenvalue weighted by Crippen LogP contribution is -2.26. The molecule has 1 aliphatic rings. The largest absolute Gasteiger partial charge is 0.469 e. The number of nitrogens with one attached hydrogen (secondary N) is 1. The Bertz CT molecular complexity index is 160. The molecule has 1 aliphatic heterocycles. The van der Waals surface area contributed by atoms with Crippen LogP contribution < -0.4 is 5.32 Å². The average molecular weight is 173 g/mol. The summed E-state index contributed by atoms with van der Waals surface area (Å²) >= 11 is 0. The molecule has 12 heavy (non-hydrogen) atoms. The lowest BCUT2D eigenvalue weighted by molar-refractivity contribution is -0.146. The van der Waals surface area contributed by atoms with Crippen LogP contribution in [0.1, 0.15) is 0 Å². The summed E-state index contributed by atoms with van der Waals surface area (Å²) in [6, 6.07) is 0. The fourth-order valence-electron chi connectivity index (χ4n) is 1.55. The van der Waals surface area contributed by atoms with E-state index in [9.17, 15) is 4.79 Å². The van der Waals surface area contributed by atoms with Crippen molar-refractivity contribution in [1.82, 2.24) is 5.32 Å². The molecule has 0 aromatic rings. The van der Waals surface area contributed by atoms with Gasteiger partial charge in [-0.2, -0.15) is 0 Å². The lowest BCUT2D eigenvalue weighted by atomic mass is 9.97. The molecule has 2 atom stereocenters. The van der Waals surface area contributed by atoms with Gasteiger partial charge in [0.05, 0.1) is 19.6 Å². The molecule has 0 radical (unpaired) electrons. The molecular formula is C8H15NO3. The van der Waals surface area contributed by atoms with Gasteiger partial charge in [0.1, 0.15) is 0 Å². The van der Waals surface area contributed by atoms with E-state index in [1.807, 2.05) is 0 Å². The first-order chi connectivity index (χ1) is 5.79. The van der Waals surface area contributed by atoms with Crippen LogP contribution in [0.5, 0.6) is 0 Å². The lowest BCUT2D eigenvalue weighted by Gasteiger charge is -2.14. The van der Waals surface area contributed by atoms with Crippen LogP contribution in [0.25, 0.3) is 0 Å². The third-order valence-corrected chi connectivity index (χ3v) is 2.22. The zero-order chi connectivity index (χ0) is 8.97. The third kappa shape index (κ3) is 1.95. The first-order valence-corrected chi connectivity index (χ1v) is 4.07. The van der Waals surface area contributed by atoms with Crippen molar-refractivity contribution in [2.45, 2.75) is 0 Å². The van der Waals surface area contributed by atoms with Gasteiger partial charge in [-0.15, -0.1) is 0 Å². The Labute approximate surface area is 72.2 Å². The van der Waals surface area contributed by atoms with E-state index < -0.39 is 0 Å². The molecule has 4 heteroatoms. The summed E-state index contributed by atoms with van der Waals surface area (Å²) in [6.07, 6.45) is 0. The van der Waals surface area contributed by atoms with Gasteiger partial charge >= 0.3 is 5.97 Å². The Balaban J connectivity index is 2.45. The number of ether oxygens (including phenoxy) is 2. The molecule has 4 nitrogen and oxygen atoms in total. The minimum Gasteiger partial charge on any atom is -0.469 e. The minimum atomic E-state index is -0.137. The predicted octanol–water partition coefficient (Wildman–Crippen LogP) is -0.359. The minimum absolute atomic E-state index is 0.0325. The molecule has 0 bridgehead atoms. The maximum absolute atomic E-state index is 11.2. The average Bonchev–Trinajstić information content (AvgIpc) is 2.52. The smallest absolute Gasteiger partial charge is 0.310 e. The number of rotatable bonds is 3. The second kappa shape index (κ2) is 4.42. The summed E-state index contributed by atoms with van der Waals surface area (Å²) in [5, 5.41) is 3.14. The number of carbonyl (C=O) groups excluding carboxylic acids is 1. The number of hydrogen-bond donors (Lipinski definition) is 1.